The summed E-state index contributed by atoms with van der Waals surface area (Å²) in [6.07, 6.45) is -1.87. The van der Waals surface area contributed by atoms with E-state index in [1.807, 2.05) is 0 Å². The first-order valence-corrected chi connectivity index (χ1v) is 7.32. The number of aliphatic carboxylic acids is 1. The van der Waals surface area contributed by atoms with Crippen LogP contribution in [0.1, 0.15) is 11.7 Å². The number of aliphatic hydroxyl groups excluding tert-OH is 1. The average molecular weight is 308 g/mol. The summed E-state index contributed by atoms with van der Waals surface area (Å²) in [7, 11) is -4.10. The van der Waals surface area contributed by atoms with Crippen LogP contribution in [0.25, 0.3) is 0 Å². The normalized spacial score (nSPS) is 12.6. The predicted molar refractivity (Wildman–Crippen MR) is 73.3 cm³/mol. The van der Waals surface area contributed by atoms with E-state index in [-0.39, 0.29) is 16.2 Å². The van der Waals surface area contributed by atoms with Gasteiger partial charge >= 0.3 is 16.1 Å². The highest BCUT2D eigenvalue weighted by Gasteiger charge is 2.24. The molecule has 0 fully saturated rings. The quantitative estimate of drug-likeness (QED) is 0.813. The zero-order valence-corrected chi connectivity index (χ0v) is 11.5. The summed E-state index contributed by atoms with van der Waals surface area (Å²) >= 11 is 0. The summed E-state index contributed by atoms with van der Waals surface area (Å²) in [5.41, 5.74) is -0.135. The van der Waals surface area contributed by atoms with Crippen LogP contribution in [0, 0.1) is 0 Å². The Hall–Kier alpha value is -2.38. The van der Waals surface area contributed by atoms with Gasteiger partial charge in [0.1, 0.15) is 10.6 Å². The molecule has 2 rings (SSSR count). The molecule has 0 aromatic heterocycles. The molecule has 110 valence electrons. The first-order chi connectivity index (χ1) is 9.92. The van der Waals surface area contributed by atoms with E-state index in [4.69, 9.17) is 9.29 Å². The summed E-state index contributed by atoms with van der Waals surface area (Å²) in [5, 5.41) is 18.4. The maximum atomic E-state index is 12.1. The van der Waals surface area contributed by atoms with Gasteiger partial charge in [0.05, 0.1) is 0 Å². The van der Waals surface area contributed by atoms with Crippen LogP contribution in [0.3, 0.4) is 0 Å². The lowest BCUT2D eigenvalue weighted by molar-refractivity contribution is -0.147. The lowest BCUT2D eigenvalue weighted by Gasteiger charge is -2.13. The van der Waals surface area contributed by atoms with Gasteiger partial charge in [-0.15, -0.1) is 0 Å². The second-order valence-corrected chi connectivity index (χ2v) is 5.68. The largest absolute Gasteiger partial charge is 0.479 e. The third-order valence-electron chi connectivity index (χ3n) is 2.68. The summed E-state index contributed by atoms with van der Waals surface area (Å²) < 4.78 is 29.1. The maximum Gasteiger partial charge on any atom is 0.339 e. The monoisotopic (exact) mass is 308 g/mol. The number of aliphatic hydroxyl groups is 1. The minimum absolute atomic E-state index is 0.0652. The Morgan fingerprint density at radius 1 is 1.00 bits per heavy atom. The van der Waals surface area contributed by atoms with Crippen LogP contribution >= 0.6 is 0 Å². The standard InChI is InChI=1S/C14H12O6S/c15-13(14(16)17)11-8-4-5-9-12(11)20-21(18,19)10-6-2-1-3-7-10/h1-9,13,15H,(H,16,17). The number of para-hydroxylation sites is 1. The maximum absolute atomic E-state index is 12.1. The molecule has 2 aromatic rings. The second kappa shape index (κ2) is 5.94. The number of carbonyl (C=O) groups is 1. The van der Waals surface area contributed by atoms with Crippen molar-refractivity contribution in [2.45, 2.75) is 11.0 Å². The molecule has 7 heteroatoms. The van der Waals surface area contributed by atoms with Crippen molar-refractivity contribution < 1.29 is 27.6 Å². The van der Waals surface area contributed by atoms with Crippen LogP contribution < -0.4 is 4.18 Å². The highest BCUT2D eigenvalue weighted by atomic mass is 32.2. The van der Waals surface area contributed by atoms with Crippen molar-refractivity contribution in [3.63, 3.8) is 0 Å². The predicted octanol–water partition coefficient (Wildman–Crippen LogP) is 1.57. The molecule has 0 aliphatic heterocycles. The van der Waals surface area contributed by atoms with Crippen molar-refractivity contribution in [2.75, 3.05) is 0 Å². The molecule has 1 atom stereocenters. The molecular formula is C14H12O6S. The number of carboxylic acids is 1. The topological polar surface area (TPSA) is 101 Å². The van der Waals surface area contributed by atoms with Gasteiger partial charge < -0.3 is 14.4 Å². The van der Waals surface area contributed by atoms with Gasteiger partial charge in [-0.3, -0.25) is 0 Å². The molecule has 0 saturated carbocycles. The smallest absolute Gasteiger partial charge is 0.339 e. The molecular weight excluding hydrogens is 296 g/mol. The number of hydrogen-bond acceptors (Lipinski definition) is 5. The zero-order valence-electron chi connectivity index (χ0n) is 10.7. The van der Waals surface area contributed by atoms with Crippen LogP contribution in [-0.2, 0) is 14.9 Å². The molecule has 0 radical (unpaired) electrons. The first kappa shape index (κ1) is 15.0. The van der Waals surface area contributed by atoms with Gasteiger partial charge in [0.15, 0.2) is 6.10 Å². The Morgan fingerprint density at radius 3 is 2.19 bits per heavy atom. The molecule has 0 bridgehead atoms. The highest BCUT2D eigenvalue weighted by Crippen LogP contribution is 2.28. The van der Waals surface area contributed by atoms with Gasteiger partial charge in [0.2, 0.25) is 0 Å². The number of carboxylic acid groups (broad SMARTS) is 1. The molecule has 0 spiro atoms. The molecule has 1 unspecified atom stereocenters. The highest BCUT2D eigenvalue weighted by molar-refractivity contribution is 7.87. The van der Waals surface area contributed by atoms with Gasteiger partial charge in [-0.1, -0.05) is 36.4 Å². The number of hydrogen-bond donors (Lipinski definition) is 2. The summed E-state index contributed by atoms with van der Waals surface area (Å²) in [5.74, 6) is -1.72. The number of benzene rings is 2. The summed E-state index contributed by atoms with van der Waals surface area (Å²) in [4.78, 5) is 10.8. The van der Waals surface area contributed by atoms with E-state index < -0.39 is 22.2 Å². The molecule has 0 saturated heterocycles. The minimum atomic E-state index is -4.10. The molecule has 21 heavy (non-hydrogen) atoms. The fourth-order valence-electron chi connectivity index (χ4n) is 1.67. The van der Waals surface area contributed by atoms with Crippen LogP contribution in [-0.4, -0.2) is 24.6 Å². The van der Waals surface area contributed by atoms with Crippen molar-refractivity contribution in [3.8, 4) is 5.75 Å². The Balaban J connectivity index is 2.39. The molecule has 2 N–H and O–H groups in total. The van der Waals surface area contributed by atoms with E-state index in [0.29, 0.717) is 0 Å². The summed E-state index contributed by atoms with van der Waals surface area (Å²) in [6, 6.07) is 13.0. The Kier molecular flexibility index (Phi) is 4.25. The molecule has 6 nitrogen and oxygen atoms in total. The fourth-order valence-corrected chi connectivity index (χ4v) is 2.64. The van der Waals surface area contributed by atoms with Crippen LogP contribution in [0.2, 0.25) is 0 Å². The van der Waals surface area contributed by atoms with Gasteiger partial charge in [-0.05, 0) is 18.2 Å². The average Bonchev–Trinajstić information content (AvgIpc) is 2.47. The van der Waals surface area contributed by atoms with Gasteiger partial charge in [0.25, 0.3) is 0 Å². The van der Waals surface area contributed by atoms with Crippen LogP contribution in [0.4, 0.5) is 0 Å². The van der Waals surface area contributed by atoms with Gasteiger partial charge in [0, 0.05) is 5.56 Å². The van der Waals surface area contributed by atoms with Gasteiger partial charge in [-0.25, -0.2) is 4.79 Å². The van der Waals surface area contributed by atoms with Crippen molar-refractivity contribution in [1.29, 1.82) is 0 Å². The Morgan fingerprint density at radius 2 is 1.57 bits per heavy atom. The van der Waals surface area contributed by atoms with Crippen LogP contribution in [0.15, 0.2) is 59.5 Å². The molecule has 0 heterocycles. The van der Waals surface area contributed by atoms with Crippen molar-refractivity contribution in [2.24, 2.45) is 0 Å². The third-order valence-corrected chi connectivity index (χ3v) is 3.93. The Bertz CT molecular complexity index is 739. The van der Waals surface area contributed by atoms with E-state index in [0.717, 1.165) is 0 Å². The van der Waals surface area contributed by atoms with E-state index in [1.54, 1.807) is 6.07 Å². The van der Waals surface area contributed by atoms with Crippen molar-refractivity contribution in [1.82, 2.24) is 0 Å². The SMILES string of the molecule is O=C(O)C(O)c1ccccc1OS(=O)(=O)c1ccccc1. The molecule has 0 aliphatic rings. The lowest BCUT2D eigenvalue weighted by atomic mass is 10.1. The van der Waals surface area contributed by atoms with E-state index in [2.05, 4.69) is 0 Å². The fraction of sp³-hybridized carbons (Fsp3) is 0.0714. The van der Waals surface area contributed by atoms with Crippen molar-refractivity contribution in [3.05, 3.63) is 60.2 Å². The van der Waals surface area contributed by atoms with Crippen LogP contribution in [0.5, 0.6) is 5.75 Å². The third kappa shape index (κ3) is 3.39. The lowest BCUT2D eigenvalue weighted by Crippen LogP contribution is -2.15. The van der Waals surface area contributed by atoms with Crippen molar-refractivity contribution >= 4 is 16.1 Å². The molecule has 2 aromatic carbocycles. The number of rotatable bonds is 5. The minimum Gasteiger partial charge on any atom is -0.479 e. The molecule has 0 aliphatic carbocycles. The van der Waals surface area contributed by atoms with E-state index >= 15 is 0 Å². The van der Waals surface area contributed by atoms with E-state index in [1.165, 1.54) is 48.5 Å². The van der Waals surface area contributed by atoms with E-state index in [9.17, 15) is 18.3 Å². The second-order valence-electron chi connectivity index (χ2n) is 4.13. The Labute approximate surface area is 121 Å². The first-order valence-electron chi connectivity index (χ1n) is 5.91. The molecule has 0 amide bonds. The zero-order chi connectivity index (χ0) is 15.5. The summed E-state index contributed by atoms with van der Waals surface area (Å²) in [6.45, 7) is 0. The van der Waals surface area contributed by atoms with Gasteiger partial charge in [-0.2, -0.15) is 8.42 Å².